The van der Waals surface area contributed by atoms with Gasteiger partial charge in [-0.2, -0.15) is 0 Å². The Labute approximate surface area is 209 Å². The van der Waals surface area contributed by atoms with Crippen LogP contribution in [0.4, 0.5) is 5.69 Å². The Morgan fingerprint density at radius 2 is 1.77 bits per heavy atom. The number of nitrogens with zero attached hydrogens (tertiary/aromatic N) is 3. The third-order valence-corrected chi connectivity index (χ3v) is 7.80. The summed E-state index contributed by atoms with van der Waals surface area (Å²) in [5.41, 5.74) is 4.69. The number of anilines is 1. The fraction of sp³-hybridized carbons (Fsp3) is 0.276. The van der Waals surface area contributed by atoms with Crippen LogP contribution in [0.25, 0.3) is 16.6 Å². The average molecular weight is 484 g/mol. The van der Waals surface area contributed by atoms with Crippen molar-refractivity contribution in [2.75, 3.05) is 10.7 Å². The first-order chi connectivity index (χ1) is 17.0. The number of thioether (sulfide) groups is 1. The number of carbonyl (C=O) groups excluding carboxylic acids is 1. The molecule has 1 aliphatic rings. The standard InChI is InChI=1S/C29H29N3O2S/c1-4-19(2)21-13-15-23(16-14-21)32-28(34)24-10-6-7-11-25(24)30-29(32)35-18-27(33)31-20(3)17-22-9-5-8-12-26(22)31/h5-16,19-20H,4,17-18H2,1-3H3/t19-,20-/m1/s1. The highest BCUT2D eigenvalue weighted by Gasteiger charge is 2.30. The molecule has 1 aliphatic heterocycles. The normalized spacial score (nSPS) is 15.9. The monoisotopic (exact) mass is 483 g/mol. The van der Waals surface area contributed by atoms with Gasteiger partial charge in [0.2, 0.25) is 5.91 Å². The van der Waals surface area contributed by atoms with E-state index in [1.165, 1.54) is 22.9 Å². The minimum atomic E-state index is -0.123. The molecule has 0 saturated heterocycles. The van der Waals surface area contributed by atoms with Gasteiger partial charge in [-0.3, -0.25) is 14.2 Å². The van der Waals surface area contributed by atoms with Gasteiger partial charge in [0.05, 0.1) is 22.3 Å². The molecule has 0 fully saturated rings. The number of para-hydroxylation sites is 2. The molecular weight excluding hydrogens is 454 g/mol. The van der Waals surface area contributed by atoms with Crippen molar-refractivity contribution in [2.24, 2.45) is 0 Å². The van der Waals surface area contributed by atoms with Gasteiger partial charge in [-0.25, -0.2) is 4.98 Å². The molecule has 0 unspecified atom stereocenters. The molecule has 0 bridgehead atoms. The lowest BCUT2D eigenvalue weighted by Gasteiger charge is -2.23. The zero-order valence-electron chi connectivity index (χ0n) is 20.3. The Morgan fingerprint density at radius 1 is 1.06 bits per heavy atom. The third-order valence-electron chi connectivity index (χ3n) is 6.88. The highest BCUT2D eigenvalue weighted by Crippen LogP contribution is 2.33. The summed E-state index contributed by atoms with van der Waals surface area (Å²) in [6.07, 6.45) is 1.91. The number of carbonyl (C=O) groups is 1. The Bertz CT molecular complexity index is 1440. The molecule has 0 radical (unpaired) electrons. The van der Waals surface area contributed by atoms with Crippen molar-refractivity contribution in [3.63, 3.8) is 0 Å². The van der Waals surface area contributed by atoms with Crippen molar-refractivity contribution in [1.82, 2.24) is 9.55 Å². The second-order valence-corrected chi connectivity index (χ2v) is 10.1. The summed E-state index contributed by atoms with van der Waals surface area (Å²) in [5, 5.41) is 1.09. The molecule has 178 valence electrons. The second kappa shape index (κ2) is 9.70. The van der Waals surface area contributed by atoms with E-state index in [2.05, 4.69) is 39.0 Å². The predicted octanol–water partition coefficient (Wildman–Crippen LogP) is 5.97. The van der Waals surface area contributed by atoms with Gasteiger partial charge in [0.25, 0.3) is 5.56 Å². The van der Waals surface area contributed by atoms with Gasteiger partial charge in [-0.05, 0) is 67.1 Å². The van der Waals surface area contributed by atoms with Crippen LogP contribution in [-0.4, -0.2) is 27.3 Å². The minimum absolute atomic E-state index is 0.0218. The van der Waals surface area contributed by atoms with E-state index in [0.717, 1.165) is 24.2 Å². The Hall–Kier alpha value is -3.38. The molecule has 4 aromatic rings. The maximum absolute atomic E-state index is 13.6. The van der Waals surface area contributed by atoms with Crippen LogP contribution in [0, 0.1) is 0 Å². The number of hydrogen-bond acceptors (Lipinski definition) is 4. The first kappa shape index (κ1) is 23.4. The van der Waals surface area contributed by atoms with E-state index in [1.807, 2.05) is 53.4 Å². The van der Waals surface area contributed by atoms with E-state index in [9.17, 15) is 9.59 Å². The van der Waals surface area contributed by atoms with E-state index in [-0.39, 0.29) is 23.3 Å². The predicted molar refractivity (Wildman–Crippen MR) is 144 cm³/mol. The molecular formula is C29H29N3O2S. The number of benzene rings is 3. The summed E-state index contributed by atoms with van der Waals surface area (Å²) in [4.78, 5) is 33.6. The summed E-state index contributed by atoms with van der Waals surface area (Å²) in [5.74, 6) is 0.676. The van der Waals surface area contributed by atoms with Gasteiger partial charge in [0.15, 0.2) is 5.16 Å². The van der Waals surface area contributed by atoms with Gasteiger partial charge in [-0.1, -0.05) is 68.1 Å². The fourth-order valence-corrected chi connectivity index (χ4v) is 5.64. The van der Waals surface area contributed by atoms with Crippen LogP contribution in [0.1, 0.15) is 44.2 Å². The first-order valence-electron chi connectivity index (χ1n) is 12.1. The molecule has 0 spiro atoms. The van der Waals surface area contributed by atoms with Crippen molar-refractivity contribution in [3.05, 3.63) is 94.3 Å². The molecule has 1 aromatic heterocycles. The summed E-state index contributed by atoms with van der Waals surface area (Å²) >= 11 is 1.32. The maximum Gasteiger partial charge on any atom is 0.266 e. The summed E-state index contributed by atoms with van der Waals surface area (Å²) in [6.45, 7) is 6.44. The summed E-state index contributed by atoms with van der Waals surface area (Å²) in [7, 11) is 0. The van der Waals surface area contributed by atoms with Crippen LogP contribution < -0.4 is 10.5 Å². The molecule has 3 aromatic carbocycles. The molecule has 5 nitrogen and oxygen atoms in total. The van der Waals surface area contributed by atoms with E-state index >= 15 is 0 Å². The smallest absolute Gasteiger partial charge is 0.266 e. The van der Waals surface area contributed by atoms with Gasteiger partial charge in [0.1, 0.15) is 0 Å². The third kappa shape index (κ3) is 4.39. The van der Waals surface area contributed by atoms with E-state index in [0.29, 0.717) is 22.0 Å². The molecule has 35 heavy (non-hydrogen) atoms. The van der Waals surface area contributed by atoms with Crippen molar-refractivity contribution >= 4 is 34.3 Å². The van der Waals surface area contributed by atoms with Gasteiger partial charge >= 0.3 is 0 Å². The Morgan fingerprint density at radius 3 is 2.54 bits per heavy atom. The number of hydrogen-bond donors (Lipinski definition) is 0. The highest BCUT2D eigenvalue weighted by molar-refractivity contribution is 7.99. The molecule has 2 heterocycles. The number of amides is 1. The van der Waals surface area contributed by atoms with Crippen molar-refractivity contribution in [2.45, 2.75) is 50.7 Å². The highest BCUT2D eigenvalue weighted by atomic mass is 32.2. The lowest BCUT2D eigenvalue weighted by molar-refractivity contribution is -0.116. The van der Waals surface area contributed by atoms with Crippen LogP contribution >= 0.6 is 11.8 Å². The topological polar surface area (TPSA) is 55.2 Å². The van der Waals surface area contributed by atoms with Crippen molar-refractivity contribution < 1.29 is 4.79 Å². The fourth-order valence-electron chi connectivity index (χ4n) is 4.77. The summed E-state index contributed by atoms with van der Waals surface area (Å²) in [6, 6.07) is 23.7. The maximum atomic E-state index is 13.6. The SMILES string of the molecule is CC[C@@H](C)c1ccc(-n2c(SCC(=O)N3c4ccccc4C[C@H]3C)nc3ccccc3c2=O)cc1. The van der Waals surface area contributed by atoms with E-state index in [4.69, 9.17) is 4.98 Å². The lowest BCUT2D eigenvalue weighted by Crippen LogP contribution is -2.37. The van der Waals surface area contributed by atoms with Gasteiger partial charge in [0, 0.05) is 11.7 Å². The zero-order chi connectivity index (χ0) is 24.5. The van der Waals surface area contributed by atoms with Crippen molar-refractivity contribution in [3.8, 4) is 5.69 Å². The minimum Gasteiger partial charge on any atom is -0.308 e. The summed E-state index contributed by atoms with van der Waals surface area (Å²) < 4.78 is 1.64. The average Bonchev–Trinajstić information content (AvgIpc) is 3.22. The molecule has 6 heteroatoms. The quantitative estimate of drug-likeness (QED) is 0.250. The van der Waals surface area contributed by atoms with Crippen LogP contribution in [0.2, 0.25) is 0 Å². The molecule has 0 saturated carbocycles. The zero-order valence-corrected chi connectivity index (χ0v) is 21.1. The number of fused-ring (bicyclic) bond motifs is 2. The largest absolute Gasteiger partial charge is 0.308 e. The van der Waals surface area contributed by atoms with Gasteiger partial charge in [-0.15, -0.1) is 0 Å². The number of aromatic nitrogens is 2. The lowest BCUT2D eigenvalue weighted by atomic mass is 9.98. The van der Waals surface area contributed by atoms with Crippen molar-refractivity contribution in [1.29, 1.82) is 0 Å². The Kier molecular flexibility index (Phi) is 6.48. The van der Waals surface area contributed by atoms with E-state index in [1.54, 1.807) is 10.6 Å². The molecule has 0 N–H and O–H groups in total. The van der Waals surface area contributed by atoms with Crippen LogP contribution in [0.15, 0.2) is 82.7 Å². The van der Waals surface area contributed by atoms with Gasteiger partial charge < -0.3 is 4.90 Å². The Balaban J connectivity index is 1.50. The van der Waals surface area contributed by atoms with Crippen LogP contribution in [0.5, 0.6) is 0 Å². The van der Waals surface area contributed by atoms with Crippen LogP contribution in [0.3, 0.4) is 0 Å². The molecule has 1 amide bonds. The first-order valence-corrected chi connectivity index (χ1v) is 13.1. The molecule has 2 atom stereocenters. The molecule has 5 rings (SSSR count). The van der Waals surface area contributed by atoms with Crippen LogP contribution in [-0.2, 0) is 11.2 Å². The molecule has 0 aliphatic carbocycles. The van der Waals surface area contributed by atoms with E-state index < -0.39 is 0 Å². The second-order valence-electron chi connectivity index (χ2n) is 9.19. The number of rotatable bonds is 6.